The maximum atomic E-state index is 14.1. The molecule has 0 bridgehead atoms. The summed E-state index contributed by atoms with van der Waals surface area (Å²) >= 11 is 5.73. The Kier molecular flexibility index (Phi) is 5.26. The van der Waals surface area contributed by atoms with Gasteiger partial charge in [0.15, 0.2) is 23.2 Å². The highest BCUT2D eigenvalue weighted by atomic mass is 35.5. The highest BCUT2D eigenvalue weighted by molar-refractivity contribution is 6.30. The van der Waals surface area contributed by atoms with Gasteiger partial charge < -0.3 is 15.0 Å². The highest BCUT2D eigenvalue weighted by Gasteiger charge is 2.31. The summed E-state index contributed by atoms with van der Waals surface area (Å²) in [5.41, 5.74) is 0.989. The Balaban J connectivity index is 1.42. The van der Waals surface area contributed by atoms with Crippen molar-refractivity contribution in [2.45, 2.75) is 6.10 Å². The standard InChI is InChI=1S/C20H15ClF2N4O2/c21-13-4-5-18(16(22)7-13)29-15-9-27(10-15)20-24-8-17(23)19(26-20)25-14-3-1-2-12(6-14)11-28/h1-8,11,15H,9-10H2,(H,24,25,26). The Bertz CT molecular complexity index is 1060. The van der Waals surface area contributed by atoms with Crippen LogP contribution in [0.25, 0.3) is 0 Å². The van der Waals surface area contributed by atoms with Crippen molar-refractivity contribution < 1.29 is 18.3 Å². The Morgan fingerprint density at radius 3 is 2.76 bits per heavy atom. The molecule has 3 aromatic rings. The van der Waals surface area contributed by atoms with Crippen molar-refractivity contribution in [1.82, 2.24) is 9.97 Å². The van der Waals surface area contributed by atoms with E-state index in [-0.39, 0.29) is 17.7 Å². The normalized spacial score (nSPS) is 13.7. The van der Waals surface area contributed by atoms with E-state index in [9.17, 15) is 13.6 Å². The molecule has 4 rings (SSSR count). The van der Waals surface area contributed by atoms with Crippen LogP contribution in [0.5, 0.6) is 5.75 Å². The van der Waals surface area contributed by atoms with Crippen molar-refractivity contribution in [1.29, 1.82) is 0 Å². The summed E-state index contributed by atoms with van der Waals surface area (Å²) in [7, 11) is 0. The van der Waals surface area contributed by atoms with E-state index in [1.807, 2.05) is 0 Å². The Morgan fingerprint density at radius 1 is 1.17 bits per heavy atom. The lowest BCUT2D eigenvalue weighted by Gasteiger charge is -2.39. The van der Waals surface area contributed by atoms with Gasteiger partial charge in [0.1, 0.15) is 12.4 Å². The topological polar surface area (TPSA) is 67.4 Å². The van der Waals surface area contributed by atoms with E-state index in [1.165, 1.54) is 12.1 Å². The molecule has 0 unspecified atom stereocenters. The third-order valence-corrected chi connectivity index (χ3v) is 4.57. The molecule has 1 fully saturated rings. The van der Waals surface area contributed by atoms with Gasteiger partial charge in [0.25, 0.3) is 0 Å². The zero-order valence-corrected chi connectivity index (χ0v) is 15.7. The summed E-state index contributed by atoms with van der Waals surface area (Å²) < 4.78 is 33.6. The van der Waals surface area contributed by atoms with Crippen molar-refractivity contribution in [2.24, 2.45) is 0 Å². The van der Waals surface area contributed by atoms with Crippen molar-refractivity contribution in [2.75, 3.05) is 23.3 Å². The zero-order chi connectivity index (χ0) is 20.4. The minimum Gasteiger partial charge on any atom is -0.484 e. The summed E-state index contributed by atoms with van der Waals surface area (Å²) in [6.45, 7) is 0.849. The van der Waals surface area contributed by atoms with Crippen LogP contribution in [0.3, 0.4) is 0 Å². The van der Waals surface area contributed by atoms with Gasteiger partial charge in [-0.15, -0.1) is 0 Å². The second-order valence-electron chi connectivity index (χ2n) is 6.45. The van der Waals surface area contributed by atoms with Crippen molar-refractivity contribution in [3.63, 3.8) is 0 Å². The SMILES string of the molecule is O=Cc1cccc(Nc2nc(N3CC(Oc4ccc(Cl)cc4F)C3)ncc2F)c1. The first-order valence-electron chi connectivity index (χ1n) is 8.73. The van der Waals surface area contributed by atoms with E-state index in [1.54, 1.807) is 35.2 Å². The van der Waals surface area contributed by atoms with Gasteiger partial charge in [-0.2, -0.15) is 4.98 Å². The lowest BCUT2D eigenvalue weighted by molar-refractivity contribution is 0.112. The number of nitrogens with zero attached hydrogens (tertiary/aromatic N) is 3. The highest BCUT2D eigenvalue weighted by Crippen LogP contribution is 2.27. The van der Waals surface area contributed by atoms with Crippen LogP contribution in [0, 0.1) is 11.6 Å². The van der Waals surface area contributed by atoms with Gasteiger partial charge in [0, 0.05) is 16.3 Å². The number of hydrogen-bond acceptors (Lipinski definition) is 6. The first-order chi connectivity index (χ1) is 14.0. The van der Waals surface area contributed by atoms with Crippen molar-refractivity contribution >= 4 is 35.3 Å². The Morgan fingerprint density at radius 2 is 2.00 bits per heavy atom. The number of carbonyl (C=O) groups excluding carboxylic acids is 1. The molecule has 0 spiro atoms. The molecule has 9 heteroatoms. The molecule has 2 aromatic carbocycles. The molecular weight excluding hydrogens is 402 g/mol. The lowest BCUT2D eigenvalue weighted by Crippen LogP contribution is -2.54. The number of aromatic nitrogens is 2. The molecule has 29 heavy (non-hydrogen) atoms. The molecule has 148 valence electrons. The fourth-order valence-electron chi connectivity index (χ4n) is 2.85. The van der Waals surface area contributed by atoms with Gasteiger partial charge in [-0.3, -0.25) is 4.79 Å². The van der Waals surface area contributed by atoms with E-state index in [0.29, 0.717) is 41.6 Å². The molecule has 1 aromatic heterocycles. The third-order valence-electron chi connectivity index (χ3n) is 4.34. The molecule has 0 atom stereocenters. The minimum atomic E-state index is -0.623. The molecule has 0 saturated carbocycles. The molecule has 2 heterocycles. The molecule has 0 amide bonds. The second-order valence-corrected chi connectivity index (χ2v) is 6.89. The number of halogens is 3. The smallest absolute Gasteiger partial charge is 0.227 e. The van der Waals surface area contributed by atoms with E-state index < -0.39 is 11.6 Å². The average molecular weight is 417 g/mol. The molecule has 1 aliphatic rings. The second kappa shape index (κ2) is 8.00. The van der Waals surface area contributed by atoms with Crippen molar-refractivity contribution in [3.8, 4) is 5.75 Å². The summed E-state index contributed by atoms with van der Waals surface area (Å²) in [6.07, 6.45) is 1.53. The van der Waals surface area contributed by atoms with Crippen LogP contribution in [0.15, 0.2) is 48.7 Å². The van der Waals surface area contributed by atoms with Gasteiger partial charge in [0.05, 0.1) is 19.3 Å². The van der Waals surface area contributed by atoms with Gasteiger partial charge in [-0.05, 0) is 30.3 Å². The Labute approximate surface area is 170 Å². The first kappa shape index (κ1) is 19.1. The molecule has 6 nitrogen and oxygen atoms in total. The van der Waals surface area contributed by atoms with Gasteiger partial charge in [-0.25, -0.2) is 13.8 Å². The lowest BCUT2D eigenvalue weighted by atomic mass is 10.2. The van der Waals surface area contributed by atoms with Gasteiger partial charge >= 0.3 is 0 Å². The summed E-state index contributed by atoms with van der Waals surface area (Å²) in [5, 5.41) is 3.14. The van der Waals surface area contributed by atoms with Crippen LogP contribution in [0.1, 0.15) is 10.4 Å². The fourth-order valence-corrected chi connectivity index (χ4v) is 3.01. The van der Waals surface area contributed by atoms with E-state index >= 15 is 0 Å². The predicted molar refractivity (Wildman–Crippen MR) is 105 cm³/mol. The number of hydrogen-bond donors (Lipinski definition) is 1. The molecular formula is C20H15ClF2N4O2. The van der Waals surface area contributed by atoms with Gasteiger partial charge in [0.2, 0.25) is 5.95 Å². The number of benzene rings is 2. The molecule has 0 aliphatic carbocycles. The maximum Gasteiger partial charge on any atom is 0.227 e. The number of rotatable bonds is 6. The fraction of sp³-hybridized carbons (Fsp3) is 0.150. The predicted octanol–water partition coefficient (Wildman–Crippen LogP) is 4.23. The number of ether oxygens (including phenoxy) is 1. The quantitative estimate of drug-likeness (QED) is 0.606. The van der Waals surface area contributed by atoms with Crippen LogP contribution in [-0.2, 0) is 0 Å². The van der Waals surface area contributed by atoms with Gasteiger partial charge in [-0.1, -0.05) is 23.7 Å². The monoisotopic (exact) mass is 416 g/mol. The van der Waals surface area contributed by atoms with E-state index in [0.717, 1.165) is 6.20 Å². The molecule has 1 N–H and O–H groups in total. The number of anilines is 3. The average Bonchev–Trinajstić information content (AvgIpc) is 2.68. The largest absolute Gasteiger partial charge is 0.484 e. The molecule has 0 radical (unpaired) electrons. The first-order valence-corrected chi connectivity index (χ1v) is 9.11. The van der Waals surface area contributed by atoms with Crippen LogP contribution >= 0.6 is 11.6 Å². The van der Waals surface area contributed by atoms with E-state index in [4.69, 9.17) is 16.3 Å². The minimum absolute atomic E-state index is 0.00818. The third kappa shape index (κ3) is 4.27. The number of nitrogens with one attached hydrogen (secondary N) is 1. The van der Waals surface area contributed by atoms with Crippen molar-refractivity contribution in [3.05, 3.63) is 70.9 Å². The van der Waals surface area contributed by atoms with Crippen LogP contribution in [0.2, 0.25) is 5.02 Å². The summed E-state index contributed by atoms with van der Waals surface area (Å²) in [6, 6.07) is 10.8. The summed E-state index contributed by atoms with van der Waals surface area (Å²) in [4.78, 5) is 20.9. The van der Waals surface area contributed by atoms with Crippen LogP contribution < -0.4 is 15.0 Å². The molecule has 1 saturated heterocycles. The maximum absolute atomic E-state index is 14.1. The van der Waals surface area contributed by atoms with E-state index in [2.05, 4.69) is 15.3 Å². The zero-order valence-electron chi connectivity index (χ0n) is 15.0. The summed E-state index contributed by atoms with van der Waals surface area (Å²) in [5.74, 6) is -0.723. The van der Waals surface area contributed by atoms with Crippen LogP contribution in [0.4, 0.5) is 26.2 Å². The number of carbonyl (C=O) groups is 1. The van der Waals surface area contributed by atoms with Crippen LogP contribution in [-0.4, -0.2) is 35.4 Å². The Hall–Kier alpha value is -3.26. The number of aldehydes is 1. The molecule has 1 aliphatic heterocycles.